The van der Waals surface area contributed by atoms with Gasteiger partial charge in [-0.1, -0.05) is 0 Å². The Hall–Kier alpha value is -0.350. The van der Waals surface area contributed by atoms with Crippen molar-refractivity contribution in [2.45, 2.75) is 19.0 Å². The van der Waals surface area contributed by atoms with Crippen LogP contribution < -0.4 is 0 Å². The summed E-state index contributed by atoms with van der Waals surface area (Å²) in [4.78, 5) is 0. The van der Waals surface area contributed by atoms with Gasteiger partial charge in [-0.05, 0) is 6.42 Å². The lowest BCUT2D eigenvalue weighted by Gasteiger charge is -2.03. The highest BCUT2D eigenvalue weighted by atomic mass is 19.4. The lowest BCUT2D eigenvalue weighted by atomic mass is 10.3. The Morgan fingerprint density at radius 2 is 1.70 bits per heavy atom. The molecule has 1 rings (SSSR count). The Morgan fingerprint density at radius 1 is 1.20 bits per heavy atom. The van der Waals surface area contributed by atoms with E-state index < -0.39 is 30.9 Å². The van der Waals surface area contributed by atoms with Gasteiger partial charge in [0.1, 0.15) is 0 Å². The molecule has 0 bridgehead atoms. The van der Waals surface area contributed by atoms with Crippen LogP contribution in [0.2, 0.25) is 0 Å². The number of hydrogen-bond donors (Lipinski definition) is 0. The fourth-order valence-corrected chi connectivity index (χ4v) is 0.869. The van der Waals surface area contributed by atoms with Gasteiger partial charge in [-0.25, -0.2) is 8.78 Å². The van der Waals surface area contributed by atoms with Crippen molar-refractivity contribution in [1.29, 1.82) is 0 Å². The normalized spacial score (nSPS) is 33.0. The van der Waals surface area contributed by atoms with Crippen molar-refractivity contribution >= 4 is 0 Å². The predicted molar refractivity (Wildman–Crippen MR) is 23.7 cm³/mol. The van der Waals surface area contributed by atoms with Crippen LogP contribution in [0.3, 0.4) is 0 Å². The van der Waals surface area contributed by atoms with Crippen molar-refractivity contribution in [2.24, 2.45) is 11.8 Å². The molecule has 0 nitrogen and oxygen atoms in total. The molecule has 0 spiro atoms. The standard InChI is InChI=1S/C5H5F5/c6-4(7)2-1-3(2)5(8,9)10/h2-4H,1H2. The first-order chi connectivity index (χ1) is 4.43. The van der Waals surface area contributed by atoms with Gasteiger partial charge >= 0.3 is 6.18 Å². The molecule has 5 heteroatoms. The largest absolute Gasteiger partial charge is 0.392 e. The highest BCUT2D eigenvalue weighted by molar-refractivity contribution is 4.92. The summed E-state index contributed by atoms with van der Waals surface area (Å²) in [6, 6.07) is 0. The zero-order valence-electron chi connectivity index (χ0n) is 4.83. The summed E-state index contributed by atoms with van der Waals surface area (Å²) in [5, 5.41) is 0. The van der Waals surface area contributed by atoms with E-state index in [9.17, 15) is 22.0 Å². The van der Waals surface area contributed by atoms with Crippen LogP contribution in [0.25, 0.3) is 0 Å². The van der Waals surface area contributed by atoms with Gasteiger partial charge in [0.2, 0.25) is 6.43 Å². The molecule has 0 heterocycles. The zero-order valence-corrected chi connectivity index (χ0v) is 4.83. The minimum Gasteiger partial charge on any atom is -0.210 e. The fraction of sp³-hybridized carbons (Fsp3) is 1.00. The summed E-state index contributed by atoms with van der Waals surface area (Å²) in [6.07, 6.45) is -7.63. The summed E-state index contributed by atoms with van der Waals surface area (Å²) in [5.41, 5.74) is 0. The second kappa shape index (κ2) is 2.07. The number of rotatable bonds is 1. The highest BCUT2D eigenvalue weighted by Gasteiger charge is 2.59. The van der Waals surface area contributed by atoms with Gasteiger partial charge in [0.05, 0.1) is 5.92 Å². The van der Waals surface area contributed by atoms with Crippen molar-refractivity contribution in [3.05, 3.63) is 0 Å². The van der Waals surface area contributed by atoms with E-state index in [0.717, 1.165) is 0 Å². The summed E-state index contributed by atoms with van der Waals surface area (Å²) < 4.78 is 57.6. The molecule has 60 valence electrons. The van der Waals surface area contributed by atoms with Crippen molar-refractivity contribution in [2.75, 3.05) is 0 Å². The number of halogens is 5. The molecule has 0 aromatic heterocycles. The lowest BCUT2D eigenvalue weighted by molar-refractivity contribution is -0.155. The van der Waals surface area contributed by atoms with Crippen LogP contribution in [-0.4, -0.2) is 12.6 Å². The van der Waals surface area contributed by atoms with Gasteiger partial charge in [-0.15, -0.1) is 0 Å². The molecular formula is C5H5F5. The summed E-state index contributed by atoms with van der Waals surface area (Å²) in [6.45, 7) is 0. The second-order valence-corrected chi connectivity index (χ2v) is 2.38. The van der Waals surface area contributed by atoms with Crippen LogP contribution in [0, 0.1) is 11.8 Å². The van der Waals surface area contributed by atoms with Crippen molar-refractivity contribution in [1.82, 2.24) is 0 Å². The molecule has 2 unspecified atom stereocenters. The molecular weight excluding hydrogens is 155 g/mol. The Bertz CT molecular complexity index is 126. The summed E-state index contributed by atoms with van der Waals surface area (Å²) >= 11 is 0. The molecule has 0 radical (unpaired) electrons. The van der Waals surface area contributed by atoms with Crippen LogP contribution in [0.1, 0.15) is 6.42 Å². The first-order valence-corrected chi connectivity index (χ1v) is 2.78. The topological polar surface area (TPSA) is 0 Å². The van der Waals surface area contributed by atoms with E-state index in [1.807, 2.05) is 0 Å². The maximum Gasteiger partial charge on any atom is 0.392 e. The van der Waals surface area contributed by atoms with Gasteiger partial charge in [0, 0.05) is 5.92 Å². The molecule has 1 aliphatic rings. The van der Waals surface area contributed by atoms with Crippen LogP contribution in [0.15, 0.2) is 0 Å². The van der Waals surface area contributed by atoms with Gasteiger partial charge < -0.3 is 0 Å². The third-order valence-electron chi connectivity index (χ3n) is 1.58. The Balaban J connectivity index is 2.39. The first-order valence-electron chi connectivity index (χ1n) is 2.78. The Kier molecular flexibility index (Phi) is 1.60. The van der Waals surface area contributed by atoms with E-state index in [0.29, 0.717) is 0 Å². The van der Waals surface area contributed by atoms with Crippen LogP contribution >= 0.6 is 0 Å². The molecule has 10 heavy (non-hydrogen) atoms. The molecule has 0 aromatic rings. The smallest absolute Gasteiger partial charge is 0.210 e. The first kappa shape index (κ1) is 7.75. The Labute approximate surface area is 54.0 Å². The van der Waals surface area contributed by atoms with E-state index in [1.165, 1.54) is 0 Å². The molecule has 2 atom stereocenters. The predicted octanol–water partition coefficient (Wildman–Crippen LogP) is 2.45. The molecule has 0 amide bonds. The van der Waals surface area contributed by atoms with E-state index in [-0.39, 0.29) is 0 Å². The van der Waals surface area contributed by atoms with Crippen LogP contribution in [0.4, 0.5) is 22.0 Å². The average Bonchev–Trinajstić information content (AvgIpc) is 2.35. The van der Waals surface area contributed by atoms with Gasteiger partial charge in [-0.3, -0.25) is 0 Å². The monoisotopic (exact) mass is 160 g/mol. The molecule has 1 saturated carbocycles. The number of hydrogen-bond acceptors (Lipinski definition) is 0. The minimum absolute atomic E-state index is 0.402. The SMILES string of the molecule is FC(F)C1CC1C(F)(F)F. The summed E-state index contributed by atoms with van der Waals surface area (Å²) in [5.74, 6) is -3.17. The van der Waals surface area contributed by atoms with Crippen LogP contribution in [-0.2, 0) is 0 Å². The maximum absolute atomic E-state index is 11.5. The third kappa shape index (κ3) is 1.38. The molecule has 0 N–H and O–H groups in total. The second-order valence-electron chi connectivity index (χ2n) is 2.38. The summed E-state index contributed by atoms with van der Waals surface area (Å²) in [7, 11) is 0. The molecule has 0 aromatic carbocycles. The molecule has 1 aliphatic carbocycles. The van der Waals surface area contributed by atoms with Gasteiger partial charge in [-0.2, -0.15) is 13.2 Å². The highest BCUT2D eigenvalue weighted by Crippen LogP contribution is 2.52. The van der Waals surface area contributed by atoms with E-state index in [1.54, 1.807) is 0 Å². The van der Waals surface area contributed by atoms with Crippen molar-refractivity contribution < 1.29 is 22.0 Å². The van der Waals surface area contributed by atoms with E-state index in [2.05, 4.69) is 0 Å². The van der Waals surface area contributed by atoms with Gasteiger partial charge in [0.25, 0.3) is 0 Å². The van der Waals surface area contributed by atoms with Crippen molar-refractivity contribution in [3.63, 3.8) is 0 Å². The average molecular weight is 160 g/mol. The van der Waals surface area contributed by atoms with Crippen molar-refractivity contribution in [3.8, 4) is 0 Å². The number of alkyl halides is 5. The van der Waals surface area contributed by atoms with Crippen LogP contribution in [0.5, 0.6) is 0 Å². The quantitative estimate of drug-likeness (QED) is 0.517. The molecule has 1 fully saturated rings. The minimum atomic E-state index is -4.42. The third-order valence-corrected chi connectivity index (χ3v) is 1.58. The van der Waals surface area contributed by atoms with Gasteiger partial charge in [0.15, 0.2) is 0 Å². The molecule has 0 aliphatic heterocycles. The molecule has 0 saturated heterocycles. The zero-order chi connectivity index (χ0) is 7.94. The van der Waals surface area contributed by atoms with E-state index in [4.69, 9.17) is 0 Å². The van der Waals surface area contributed by atoms with E-state index >= 15 is 0 Å². The Morgan fingerprint density at radius 3 is 1.80 bits per heavy atom. The maximum atomic E-state index is 11.5. The fourth-order valence-electron chi connectivity index (χ4n) is 0.869. The lowest BCUT2D eigenvalue weighted by Crippen LogP contribution is -2.14.